The Labute approximate surface area is 116 Å². The number of carbonyl (C=O) groups excluding carboxylic acids is 4. The second-order valence-corrected chi connectivity index (χ2v) is 5.41. The van der Waals surface area contributed by atoms with Crippen LogP contribution in [0.3, 0.4) is 0 Å². The van der Waals surface area contributed by atoms with E-state index in [9.17, 15) is 19.2 Å². The molecule has 20 heavy (non-hydrogen) atoms. The van der Waals surface area contributed by atoms with Crippen LogP contribution >= 0.6 is 0 Å². The van der Waals surface area contributed by atoms with E-state index in [1.165, 1.54) is 0 Å². The predicted molar refractivity (Wildman–Crippen MR) is 65.9 cm³/mol. The molecule has 0 N–H and O–H groups in total. The van der Waals surface area contributed by atoms with Gasteiger partial charge in [-0.2, -0.15) is 0 Å². The van der Waals surface area contributed by atoms with E-state index in [2.05, 4.69) is 9.47 Å². The lowest BCUT2D eigenvalue weighted by Gasteiger charge is -2.20. The molecule has 6 nitrogen and oxygen atoms in total. The van der Waals surface area contributed by atoms with Gasteiger partial charge in [-0.15, -0.1) is 0 Å². The molecule has 0 radical (unpaired) electrons. The third-order valence-corrected chi connectivity index (χ3v) is 3.61. The van der Waals surface area contributed by atoms with Crippen LogP contribution in [0.4, 0.5) is 0 Å². The average molecular weight is 280 g/mol. The highest BCUT2D eigenvalue weighted by atomic mass is 16.6. The van der Waals surface area contributed by atoms with Gasteiger partial charge in [0, 0.05) is 0 Å². The number of hydrogen-bond acceptors (Lipinski definition) is 6. The van der Waals surface area contributed by atoms with Crippen LogP contribution < -0.4 is 0 Å². The fourth-order valence-corrected chi connectivity index (χ4v) is 2.51. The number of carbonyl (C=O) groups is 4. The number of esters is 4. The molecule has 0 aromatic heterocycles. The van der Waals surface area contributed by atoms with E-state index in [0.717, 1.165) is 0 Å². The fraction of sp³-hybridized carbons (Fsp3) is 0.571. The first kappa shape index (κ1) is 14.4. The molecular formula is C14H16O6. The van der Waals surface area contributed by atoms with E-state index in [1.54, 1.807) is 12.2 Å². The summed E-state index contributed by atoms with van der Waals surface area (Å²) in [6, 6.07) is 0. The van der Waals surface area contributed by atoms with Gasteiger partial charge in [-0.05, 0) is 11.8 Å². The second kappa shape index (κ2) is 5.56. The molecule has 108 valence electrons. The first-order valence-corrected chi connectivity index (χ1v) is 6.56. The van der Waals surface area contributed by atoms with Crippen LogP contribution in [-0.4, -0.2) is 23.9 Å². The molecule has 2 aliphatic rings. The zero-order valence-corrected chi connectivity index (χ0v) is 11.3. The molecular weight excluding hydrogens is 264 g/mol. The molecule has 0 aromatic carbocycles. The Morgan fingerprint density at radius 2 is 1.60 bits per heavy atom. The van der Waals surface area contributed by atoms with E-state index in [-0.39, 0.29) is 24.7 Å². The molecule has 2 aliphatic heterocycles. The van der Waals surface area contributed by atoms with Crippen LogP contribution in [-0.2, 0) is 28.7 Å². The molecule has 0 spiro atoms. The Kier molecular flexibility index (Phi) is 4.01. The van der Waals surface area contributed by atoms with E-state index >= 15 is 0 Å². The summed E-state index contributed by atoms with van der Waals surface area (Å²) in [6.07, 6.45) is 3.39. The summed E-state index contributed by atoms with van der Waals surface area (Å²) in [6.45, 7) is 3.84. The molecule has 3 atom stereocenters. The maximum atomic E-state index is 11.6. The van der Waals surface area contributed by atoms with Crippen molar-refractivity contribution in [1.29, 1.82) is 0 Å². The van der Waals surface area contributed by atoms with Gasteiger partial charge < -0.3 is 9.47 Å². The Balaban J connectivity index is 2.10. The highest BCUT2D eigenvalue weighted by Gasteiger charge is 2.40. The Morgan fingerprint density at radius 3 is 2.05 bits per heavy atom. The van der Waals surface area contributed by atoms with Crippen molar-refractivity contribution >= 4 is 23.9 Å². The largest absolute Gasteiger partial charge is 0.393 e. The van der Waals surface area contributed by atoms with Crippen LogP contribution in [0.25, 0.3) is 0 Å². The third-order valence-electron chi connectivity index (χ3n) is 3.61. The number of rotatable bonds is 4. The maximum absolute atomic E-state index is 11.6. The van der Waals surface area contributed by atoms with Crippen molar-refractivity contribution in [3.05, 3.63) is 12.2 Å². The van der Waals surface area contributed by atoms with Gasteiger partial charge in [0.1, 0.15) is 0 Å². The van der Waals surface area contributed by atoms with Crippen molar-refractivity contribution in [1.82, 2.24) is 0 Å². The van der Waals surface area contributed by atoms with Gasteiger partial charge in [-0.25, -0.2) is 0 Å². The summed E-state index contributed by atoms with van der Waals surface area (Å²) < 4.78 is 9.01. The minimum Gasteiger partial charge on any atom is -0.393 e. The van der Waals surface area contributed by atoms with Crippen LogP contribution in [0.5, 0.6) is 0 Å². The molecule has 2 fully saturated rings. The zero-order chi connectivity index (χ0) is 14.9. The smallest absolute Gasteiger partial charge is 0.321 e. The van der Waals surface area contributed by atoms with E-state index in [0.29, 0.717) is 0 Å². The molecule has 0 saturated carbocycles. The molecule has 2 heterocycles. The van der Waals surface area contributed by atoms with Gasteiger partial charge in [-0.1, -0.05) is 26.0 Å². The molecule has 2 rings (SSSR count). The molecule has 6 heteroatoms. The van der Waals surface area contributed by atoms with E-state index in [4.69, 9.17) is 0 Å². The summed E-state index contributed by atoms with van der Waals surface area (Å²) in [7, 11) is 0. The minimum atomic E-state index is -0.600. The van der Waals surface area contributed by atoms with Crippen molar-refractivity contribution in [3.63, 3.8) is 0 Å². The maximum Gasteiger partial charge on any atom is 0.321 e. The second-order valence-electron chi connectivity index (χ2n) is 5.41. The lowest BCUT2D eigenvalue weighted by atomic mass is 9.81. The molecule has 0 amide bonds. The van der Waals surface area contributed by atoms with Gasteiger partial charge in [0.05, 0.1) is 24.7 Å². The number of allylic oxidation sites excluding steroid dienone is 1. The van der Waals surface area contributed by atoms with Gasteiger partial charge in [0.15, 0.2) is 0 Å². The average Bonchev–Trinajstić information content (AvgIpc) is 2.82. The predicted octanol–water partition coefficient (Wildman–Crippen LogP) is 0.994. The minimum absolute atomic E-state index is 0.0220. The highest BCUT2D eigenvalue weighted by Crippen LogP contribution is 2.32. The number of cyclic esters (lactones) is 4. The Hall–Kier alpha value is -1.98. The van der Waals surface area contributed by atoms with Crippen molar-refractivity contribution in [3.8, 4) is 0 Å². The molecule has 0 bridgehead atoms. The van der Waals surface area contributed by atoms with Crippen molar-refractivity contribution in [2.45, 2.75) is 26.7 Å². The van der Waals surface area contributed by atoms with Crippen LogP contribution in [0.2, 0.25) is 0 Å². The first-order valence-electron chi connectivity index (χ1n) is 6.56. The van der Waals surface area contributed by atoms with Crippen LogP contribution in [0.1, 0.15) is 26.7 Å². The normalized spacial score (nSPS) is 28.4. The SMILES string of the molecule is CC(C)C(/C=C/C1CC(=O)OC1=O)C1CC(=O)OC1=O. The third kappa shape index (κ3) is 2.95. The van der Waals surface area contributed by atoms with Crippen molar-refractivity contribution in [2.24, 2.45) is 23.7 Å². The number of ether oxygens (including phenoxy) is 2. The van der Waals surface area contributed by atoms with Gasteiger partial charge in [0.25, 0.3) is 0 Å². The van der Waals surface area contributed by atoms with E-state index in [1.807, 2.05) is 13.8 Å². The lowest BCUT2D eigenvalue weighted by Crippen LogP contribution is -2.22. The molecule has 2 saturated heterocycles. The summed E-state index contributed by atoms with van der Waals surface area (Å²) in [5, 5.41) is 0. The fourth-order valence-electron chi connectivity index (χ4n) is 2.51. The van der Waals surface area contributed by atoms with Crippen molar-refractivity contribution < 1.29 is 28.7 Å². The summed E-state index contributed by atoms with van der Waals surface area (Å²) in [5.41, 5.74) is 0. The lowest BCUT2D eigenvalue weighted by molar-refractivity contribution is -0.154. The summed E-state index contributed by atoms with van der Waals surface area (Å²) in [4.78, 5) is 45.1. The standard InChI is InChI=1S/C14H16O6/c1-7(2)9(10-6-12(16)20-14(10)18)4-3-8-5-11(15)19-13(8)17/h3-4,7-10H,5-6H2,1-2H3/b4-3+. The van der Waals surface area contributed by atoms with Crippen LogP contribution in [0.15, 0.2) is 12.2 Å². The topological polar surface area (TPSA) is 86.7 Å². The van der Waals surface area contributed by atoms with Crippen LogP contribution in [0, 0.1) is 23.7 Å². The molecule has 0 aliphatic carbocycles. The van der Waals surface area contributed by atoms with E-state index < -0.39 is 35.7 Å². The summed E-state index contributed by atoms with van der Waals surface area (Å²) in [5.74, 6) is -3.39. The molecule has 0 aromatic rings. The number of hydrogen-bond donors (Lipinski definition) is 0. The monoisotopic (exact) mass is 280 g/mol. The quantitative estimate of drug-likeness (QED) is 0.433. The van der Waals surface area contributed by atoms with Gasteiger partial charge in [0.2, 0.25) is 0 Å². The Morgan fingerprint density at radius 1 is 1.00 bits per heavy atom. The van der Waals surface area contributed by atoms with Gasteiger partial charge >= 0.3 is 23.9 Å². The Bertz CT molecular complexity index is 490. The first-order chi connectivity index (χ1) is 9.38. The zero-order valence-electron chi connectivity index (χ0n) is 11.3. The summed E-state index contributed by atoms with van der Waals surface area (Å²) >= 11 is 0. The molecule has 3 unspecified atom stereocenters. The van der Waals surface area contributed by atoms with Gasteiger partial charge in [-0.3, -0.25) is 19.2 Å². The van der Waals surface area contributed by atoms with Crippen molar-refractivity contribution in [2.75, 3.05) is 0 Å². The highest BCUT2D eigenvalue weighted by molar-refractivity contribution is 5.96.